The molecule has 0 atom stereocenters. The molecule has 0 aliphatic heterocycles. The number of rotatable bonds is 7. The molecule has 2 heteroatoms. The Kier molecular flexibility index (Phi) is 6.85. The number of carbonyl (C=O) groups is 1. The lowest BCUT2D eigenvalue weighted by atomic mass is 10.2. The first-order chi connectivity index (χ1) is 8.75. The molecule has 1 aromatic carbocycles. The maximum Gasteiger partial charge on any atom is 0.223 e. The summed E-state index contributed by atoms with van der Waals surface area (Å²) in [4.78, 5) is 13.4. The van der Waals surface area contributed by atoms with Crippen LogP contribution in [0.3, 0.4) is 0 Å². The van der Waals surface area contributed by atoms with Crippen molar-refractivity contribution >= 4 is 11.6 Å². The Labute approximate surface area is 110 Å². The number of para-hydroxylation sites is 1. The van der Waals surface area contributed by atoms with Gasteiger partial charge in [0.15, 0.2) is 0 Å². The molecule has 2 nitrogen and oxygen atoms in total. The molecule has 98 valence electrons. The highest BCUT2D eigenvalue weighted by Gasteiger charge is 2.08. The largest absolute Gasteiger partial charge is 0.312 e. The molecule has 0 aliphatic carbocycles. The Morgan fingerprint density at radius 1 is 1.17 bits per heavy atom. The van der Waals surface area contributed by atoms with E-state index in [1.807, 2.05) is 35.2 Å². The summed E-state index contributed by atoms with van der Waals surface area (Å²) in [5.41, 5.74) is 0.979. The lowest BCUT2D eigenvalue weighted by Crippen LogP contribution is -2.29. The number of nitrogens with zero attached hydrogens (tertiary/aromatic N) is 1. The van der Waals surface area contributed by atoms with Gasteiger partial charge < -0.3 is 4.90 Å². The summed E-state index contributed by atoms with van der Waals surface area (Å²) in [6, 6.07) is 9.83. The monoisotopic (exact) mass is 245 g/mol. The zero-order valence-corrected chi connectivity index (χ0v) is 11.4. The first-order valence-corrected chi connectivity index (χ1v) is 6.74. The van der Waals surface area contributed by atoms with Crippen molar-refractivity contribution < 1.29 is 4.79 Å². The fourth-order valence-electron chi connectivity index (χ4n) is 1.84. The number of amides is 1. The van der Waals surface area contributed by atoms with Crippen molar-refractivity contribution in [3.8, 4) is 0 Å². The van der Waals surface area contributed by atoms with Gasteiger partial charge in [0, 0.05) is 19.2 Å². The molecule has 0 aliphatic rings. The van der Waals surface area contributed by atoms with Crippen molar-refractivity contribution in [2.24, 2.45) is 0 Å². The third-order valence-corrected chi connectivity index (χ3v) is 2.86. The van der Waals surface area contributed by atoms with Crippen molar-refractivity contribution in [3.05, 3.63) is 42.5 Å². The van der Waals surface area contributed by atoms with Crippen molar-refractivity contribution in [2.75, 3.05) is 11.4 Å². The minimum atomic E-state index is 0.100. The van der Waals surface area contributed by atoms with Gasteiger partial charge in [-0.15, -0.1) is 0 Å². The van der Waals surface area contributed by atoms with Crippen LogP contribution in [0.2, 0.25) is 0 Å². The highest BCUT2D eigenvalue weighted by molar-refractivity contribution is 5.91. The lowest BCUT2D eigenvalue weighted by molar-refractivity contribution is -0.116. The van der Waals surface area contributed by atoms with Crippen LogP contribution in [-0.4, -0.2) is 12.5 Å². The van der Waals surface area contributed by atoms with Crippen LogP contribution >= 0.6 is 0 Å². The molecule has 0 saturated carbocycles. The summed E-state index contributed by atoms with van der Waals surface area (Å²) in [5.74, 6) is 0.100. The molecule has 1 rings (SSSR count). The molecule has 0 spiro atoms. The Morgan fingerprint density at radius 3 is 2.44 bits per heavy atom. The van der Waals surface area contributed by atoms with E-state index < -0.39 is 0 Å². The van der Waals surface area contributed by atoms with Crippen molar-refractivity contribution in [3.63, 3.8) is 0 Å². The third-order valence-electron chi connectivity index (χ3n) is 2.86. The van der Waals surface area contributed by atoms with E-state index in [1.165, 1.54) is 12.8 Å². The molecule has 0 N–H and O–H groups in total. The van der Waals surface area contributed by atoms with Gasteiger partial charge in [-0.25, -0.2) is 0 Å². The summed E-state index contributed by atoms with van der Waals surface area (Å²) in [7, 11) is 0. The fourth-order valence-corrected chi connectivity index (χ4v) is 1.84. The number of carbonyl (C=O) groups excluding carboxylic acids is 1. The van der Waals surface area contributed by atoms with Crippen LogP contribution < -0.4 is 4.90 Å². The molecular weight excluding hydrogens is 222 g/mol. The maximum atomic E-state index is 11.6. The molecule has 0 radical (unpaired) electrons. The van der Waals surface area contributed by atoms with E-state index in [2.05, 4.69) is 19.1 Å². The third kappa shape index (κ3) is 5.17. The average Bonchev–Trinajstić information content (AvgIpc) is 2.38. The number of hydrogen-bond acceptors (Lipinski definition) is 1. The second kappa shape index (κ2) is 8.51. The fraction of sp³-hybridized carbons (Fsp3) is 0.438. The molecule has 0 unspecified atom stereocenters. The second-order valence-electron chi connectivity index (χ2n) is 4.41. The molecular formula is C16H23NO. The minimum absolute atomic E-state index is 0.100. The predicted octanol–water partition coefficient (Wildman–Crippen LogP) is 4.18. The normalized spacial score (nSPS) is 10.8. The van der Waals surface area contributed by atoms with Gasteiger partial charge in [0.05, 0.1) is 0 Å². The number of anilines is 1. The van der Waals surface area contributed by atoms with E-state index >= 15 is 0 Å². The van der Waals surface area contributed by atoms with Gasteiger partial charge in [-0.1, -0.05) is 50.1 Å². The number of unbranched alkanes of at least 4 members (excludes halogenated alkanes) is 2. The van der Waals surface area contributed by atoms with E-state index in [9.17, 15) is 4.79 Å². The van der Waals surface area contributed by atoms with E-state index in [0.29, 0.717) is 0 Å². The minimum Gasteiger partial charge on any atom is -0.312 e. The molecule has 0 bridgehead atoms. The van der Waals surface area contributed by atoms with Gasteiger partial charge in [0.1, 0.15) is 0 Å². The standard InChI is InChI=1S/C16H23NO/c1-3-4-5-6-7-11-14-17(15(2)18)16-12-9-8-10-13-16/h6-10,12-13H,3-5,11,14H2,1-2H3/b7-6-. The van der Waals surface area contributed by atoms with Crippen LogP contribution in [0, 0.1) is 0 Å². The van der Waals surface area contributed by atoms with Gasteiger partial charge in [0.2, 0.25) is 5.91 Å². The second-order valence-corrected chi connectivity index (χ2v) is 4.41. The SMILES string of the molecule is CCCC/C=C\CCN(C(C)=O)c1ccccc1. The first kappa shape index (κ1) is 14.5. The molecule has 0 fully saturated rings. The summed E-state index contributed by atoms with van der Waals surface area (Å²) in [6.07, 6.45) is 8.92. The van der Waals surface area contributed by atoms with Gasteiger partial charge >= 0.3 is 0 Å². The van der Waals surface area contributed by atoms with Gasteiger partial charge in [-0.2, -0.15) is 0 Å². The Balaban J connectivity index is 2.45. The molecule has 0 aromatic heterocycles. The van der Waals surface area contributed by atoms with Crippen molar-refractivity contribution in [1.29, 1.82) is 0 Å². The Morgan fingerprint density at radius 2 is 1.83 bits per heavy atom. The van der Waals surface area contributed by atoms with Crippen molar-refractivity contribution in [1.82, 2.24) is 0 Å². The van der Waals surface area contributed by atoms with Gasteiger partial charge in [-0.05, 0) is 25.0 Å². The summed E-state index contributed by atoms with van der Waals surface area (Å²) >= 11 is 0. The van der Waals surface area contributed by atoms with Crippen LogP contribution in [-0.2, 0) is 4.79 Å². The van der Waals surface area contributed by atoms with Gasteiger partial charge in [-0.3, -0.25) is 4.79 Å². The highest BCUT2D eigenvalue weighted by Crippen LogP contribution is 2.13. The van der Waals surface area contributed by atoms with Crippen LogP contribution in [0.1, 0.15) is 39.5 Å². The number of allylic oxidation sites excluding steroid dienone is 1. The maximum absolute atomic E-state index is 11.6. The molecule has 18 heavy (non-hydrogen) atoms. The topological polar surface area (TPSA) is 20.3 Å². The average molecular weight is 245 g/mol. The van der Waals surface area contributed by atoms with E-state index in [0.717, 1.165) is 25.1 Å². The molecule has 0 saturated heterocycles. The predicted molar refractivity (Wildman–Crippen MR) is 77.8 cm³/mol. The Hall–Kier alpha value is -1.57. The lowest BCUT2D eigenvalue weighted by Gasteiger charge is -2.20. The van der Waals surface area contributed by atoms with Crippen LogP contribution in [0.4, 0.5) is 5.69 Å². The first-order valence-electron chi connectivity index (χ1n) is 6.74. The summed E-state index contributed by atoms with van der Waals surface area (Å²) < 4.78 is 0. The van der Waals surface area contributed by atoms with E-state index in [4.69, 9.17) is 0 Å². The van der Waals surface area contributed by atoms with Gasteiger partial charge in [0.25, 0.3) is 0 Å². The van der Waals surface area contributed by atoms with Crippen LogP contribution in [0.25, 0.3) is 0 Å². The molecule has 0 heterocycles. The summed E-state index contributed by atoms with van der Waals surface area (Å²) in [5, 5.41) is 0. The van der Waals surface area contributed by atoms with E-state index in [-0.39, 0.29) is 5.91 Å². The number of benzene rings is 1. The molecule has 1 aromatic rings. The zero-order chi connectivity index (χ0) is 13.2. The molecule has 1 amide bonds. The van der Waals surface area contributed by atoms with Crippen LogP contribution in [0.5, 0.6) is 0 Å². The highest BCUT2D eigenvalue weighted by atomic mass is 16.2. The number of hydrogen-bond donors (Lipinski definition) is 0. The van der Waals surface area contributed by atoms with E-state index in [1.54, 1.807) is 6.92 Å². The van der Waals surface area contributed by atoms with Crippen LogP contribution in [0.15, 0.2) is 42.5 Å². The summed E-state index contributed by atoms with van der Waals surface area (Å²) in [6.45, 7) is 4.57. The zero-order valence-electron chi connectivity index (χ0n) is 11.4. The van der Waals surface area contributed by atoms with Crippen molar-refractivity contribution in [2.45, 2.75) is 39.5 Å². The quantitative estimate of drug-likeness (QED) is 0.521. The smallest absolute Gasteiger partial charge is 0.223 e. The Bertz CT molecular complexity index is 370.